The normalized spacial score (nSPS) is 14.1. The van der Waals surface area contributed by atoms with Crippen LogP contribution in [-0.2, 0) is 6.42 Å². The Balaban J connectivity index is 0.00000112. The van der Waals surface area contributed by atoms with Crippen LogP contribution in [0.4, 0.5) is 5.69 Å². The molecule has 0 atom stereocenters. The third-order valence-electron chi connectivity index (χ3n) is 2.54. The first-order valence-corrected chi connectivity index (χ1v) is 4.87. The van der Waals surface area contributed by atoms with Crippen LogP contribution in [0.2, 0.25) is 0 Å². The number of rotatable bonds is 1. The van der Waals surface area contributed by atoms with E-state index in [4.69, 9.17) is 5.11 Å². The van der Waals surface area contributed by atoms with Gasteiger partial charge in [-0.05, 0) is 43.0 Å². The number of carbonyl (C=O) groups is 1. The summed E-state index contributed by atoms with van der Waals surface area (Å²) in [7, 11) is 0. The Morgan fingerprint density at radius 2 is 2.13 bits per heavy atom. The van der Waals surface area contributed by atoms with Gasteiger partial charge in [-0.2, -0.15) is 0 Å². The fourth-order valence-electron chi connectivity index (χ4n) is 1.77. The number of carboxylic acid groups (broad SMARTS) is 1. The van der Waals surface area contributed by atoms with Crippen molar-refractivity contribution < 1.29 is 9.90 Å². The van der Waals surface area contributed by atoms with Gasteiger partial charge >= 0.3 is 5.97 Å². The molecule has 1 aromatic carbocycles. The molecule has 1 aliphatic rings. The van der Waals surface area contributed by atoms with Gasteiger partial charge in [0.05, 0.1) is 5.56 Å². The summed E-state index contributed by atoms with van der Waals surface area (Å²) >= 11 is 0. The lowest BCUT2D eigenvalue weighted by Gasteiger charge is -2.07. The molecule has 0 fully saturated rings. The Morgan fingerprint density at radius 3 is 2.87 bits per heavy atom. The minimum absolute atomic E-state index is 0. The Morgan fingerprint density at radius 1 is 1.33 bits per heavy atom. The van der Waals surface area contributed by atoms with Crippen molar-refractivity contribution in [2.24, 2.45) is 0 Å². The van der Waals surface area contributed by atoms with Crippen LogP contribution < -0.4 is 5.32 Å². The summed E-state index contributed by atoms with van der Waals surface area (Å²) < 4.78 is 0. The van der Waals surface area contributed by atoms with Gasteiger partial charge in [-0.3, -0.25) is 0 Å². The van der Waals surface area contributed by atoms with Gasteiger partial charge in [0.25, 0.3) is 0 Å². The molecule has 0 unspecified atom stereocenters. The summed E-state index contributed by atoms with van der Waals surface area (Å²) in [6.45, 7) is 0.986. The zero-order chi connectivity index (χ0) is 9.97. The quantitative estimate of drug-likeness (QED) is 0.775. The highest BCUT2D eigenvalue weighted by molar-refractivity contribution is 5.88. The minimum atomic E-state index is -0.850. The molecule has 0 saturated carbocycles. The lowest BCUT2D eigenvalue weighted by Crippen LogP contribution is -2.02. The number of hydrogen-bond donors (Lipinski definition) is 2. The zero-order valence-electron chi connectivity index (χ0n) is 8.32. The van der Waals surface area contributed by atoms with Crippen molar-refractivity contribution in [1.82, 2.24) is 0 Å². The average molecular weight is 228 g/mol. The average Bonchev–Trinajstić information content (AvgIpc) is 2.41. The molecule has 2 rings (SSSR count). The minimum Gasteiger partial charge on any atom is -0.478 e. The number of carboxylic acids is 1. The second-order valence-corrected chi connectivity index (χ2v) is 3.56. The van der Waals surface area contributed by atoms with Crippen molar-refractivity contribution in [2.75, 3.05) is 11.9 Å². The summed E-state index contributed by atoms with van der Waals surface area (Å²) in [5.74, 6) is -0.850. The summed E-state index contributed by atoms with van der Waals surface area (Å²) in [6, 6.07) is 5.29. The van der Waals surface area contributed by atoms with Gasteiger partial charge in [0, 0.05) is 12.2 Å². The fourth-order valence-corrected chi connectivity index (χ4v) is 1.77. The topological polar surface area (TPSA) is 49.3 Å². The van der Waals surface area contributed by atoms with Gasteiger partial charge in [0.15, 0.2) is 0 Å². The molecular formula is C11H14ClNO2. The highest BCUT2D eigenvalue weighted by Crippen LogP contribution is 2.22. The molecule has 0 amide bonds. The lowest BCUT2D eigenvalue weighted by molar-refractivity contribution is 0.0697. The van der Waals surface area contributed by atoms with E-state index < -0.39 is 5.97 Å². The molecule has 0 bridgehead atoms. The number of anilines is 1. The van der Waals surface area contributed by atoms with Crippen molar-refractivity contribution in [3.05, 3.63) is 29.3 Å². The third-order valence-corrected chi connectivity index (χ3v) is 2.54. The van der Waals surface area contributed by atoms with Crippen LogP contribution in [0, 0.1) is 0 Å². The molecule has 1 heterocycles. The molecule has 1 aliphatic heterocycles. The van der Waals surface area contributed by atoms with Gasteiger partial charge in [-0.15, -0.1) is 12.4 Å². The number of aromatic carboxylic acids is 1. The molecule has 15 heavy (non-hydrogen) atoms. The molecule has 0 aromatic heterocycles. The van der Waals surface area contributed by atoms with Crippen LogP contribution in [0.15, 0.2) is 18.2 Å². The Bertz CT molecular complexity index is 366. The molecule has 1 aromatic rings. The fraction of sp³-hybridized carbons (Fsp3) is 0.364. The number of fused-ring (bicyclic) bond motifs is 1. The van der Waals surface area contributed by atoms with Crippen LogP contribution in [-0.4, -0.2) is 17.6 Å². The lowest BCUT2D eigenvalue weighted by atomic mass is 10.0. The molecule has 2 N–H and O–H groups in total. The van der Waals surface area contributed by atoms with Gasteiger partial charge in [0.2, 0.25) is 0 Å². The predicted octanol–water partition coefficient (Wildman–Crippen LogP) is 2.55. The second kappa shape index (κ2) is 5.03. The van der Waals surface area contributed by atoms with Crippen LogP contribution in [0.3, 0.4) is 0 Å². The number of hydrogen-bond acceptors (Lipinski definition) is 2. The Hall–Kier alpha value is -1.22. The van der Waals surface area contributed by atoms with E-state index in [-0.39, 0.29) is 12.4 Å². The standard InChI is InChI=1S/C11H13NO2.ClH/c13-11(14)9-4-5-10-8(7-9)3-1-2-6-12-10;/h4-5,7,12H,1-3,6H2,(H,13,14);1H. The van der Waals surface area contributed by atoms with Crippen molar-refractivity contribution >= 4 is 24.1 Å². The Kier molecular flexibility index (Phi) is 3.97. The van der Waals surface area contributed by atoms with E-state index >= 15 is 0 Å². The van der Waals surface area contributed by atoms with E-state index in [1.807, 2.05) is 6.07 Å². The van der Waals surface area contributed by atoms with Crippen LogP contribution >= 0.6 is 12.4 Å². The highest BCUT2D eigenvalue weighted by atomic mass is 35.5. The van der Waals surface area contributed by atoms with Crippen molar-refractivity contribution in [1.29, 1.82) is 0 Å². The summed E-state index contributed by atoms with van der Waals surface area (Å²) in [4.78, 5) is 10.8. The molecular weight excluding hydrogens is 214 g/mol. The van der Waals surface area contributed by atoms with Crippen LogP contribution in [0.5, 0.6) is 0 Å². The number of halogens is 1. The molecule has 0 saturated heterocycles. The van der Waals surface area contributed by atoms with Crippen LogP contribution in [0.1, 0.15) is 28.8 Å². The SMILES string of the molecule is Cl.O=C(O)c1ccc2c(c1)CCCCN2. The van der Waals surface area contributed by atoms with E-state index in [9.17, 15) is 4.79 Å². The van der Waals surface area contributed by atoms with Gasteiger partial charge in [0.1, 0.15) is 0 Å². The molecule has 4 heteroatoms. The monoisotopic (exact) mass is 227 g/mol. The summed E-state index contributed by atoms with van der Waals surface area (Å²) in [5, 5.41) is 12.1. The molecule has 0 spiro atoms. The van der Waals surface area contributed by atoms with Crippen molar-refractivity contribution in [3.8, 4) is 0 Å². The molecule has 0 radical (unpaired) electrons. The second-order valence-electron chi connectivity index (χ2n) is 3.56. The van der Waals surface area contributed by atoms with Gasteiger partial charge < -0.3 is 10.4 Å². The Labute approximate surface area is 94.9 Å². The van der Waals surface area contributed by atoms with Crippen molar-refractivity contribution in [2.45, 2.75) is 19.3 Å². The van der Waals surface area contributed by atoms with E-state index in [0.29, 0.717) is 5.56 Å². The summed E-state index contributed by atoms with van der Waals surface area (Å²) in [6.07, 6.45) is 3.25. The first-order chi connectivity index (χ1) is 6.77. The number of aryl methyl sites for hydroxylation is 1. The molecule has 0 aliphatic carbocycles. The first-order valence-electron chi connectivity index (χ1n) is 4.87. The van der Waals surface area contributed by atoms with Gasteiger partial charge in [-0.1, -0.05) is 0 Å². The first kappa shape index (κ1) is 11.9. The van der Waals surface area contributed by atoms with E-state index in [0.717, 1.165) is 37.1 Å². The van der Waals surface area contributed by atoms with Crippen molar-refractivity contribution in [3.63, 3.8) is 0 Å². The molecule has 3 nitrogen and oxygen atoms in total. The maximum Gasteiger partial charge on any atom is 0.335 e. The van der Waals surface area contributed by atoms with E-state index in [1.165, 1.54) is 0 Å². The third kappa shape index (κ3) is 2.63. The summed E-state index contributed by atoms with van der Waals surface area (Å²) in [5.41, 5.74) is 2.60. The van der Waals surface area contributed by atoms with E-state index in [1.54, 1.807) is 12.1 Å². The largest absolute Gasteiger partial charge is 0.478 e. The smallest absolute Gasteiger partial charge is 0.335 e. The maximum atomic E-state index is 10.8. The maximum absolute atomic E-state index is 10.8. The highest BCUT2D eigenvalue weighted by Gasteiger charge is 2.10. The zero-order valence-corrected chi connectivity index (χ0v) is 9.14. The van der Waals surface area contributed by atoms with Crippen LogP contribution in [0.25, 0.3) is 0 Å². The predicted molar refractivity (Wildman–Crippen MR) is 62.1 cm³/mol. The number of benzene rings is 1. The van der Waals surface area contributed by atoms with Gasteiger partial charge in [-0.25, -0.2) is 4.79 Å². The number of nitrogens with one attached hydrogen (secondary N) is 1. The molecule has 82 valence electrons. The van der Waals surface area contributed by atoms with E-state index in [2.05, 4.69) is 5.32 Å².